The summed E-state index contributed by atoms with van der Waals surface area (Å²) in [5, 5.41) is 4.54. The molecule has 1 amide bonds. The van der Waals surface area contributed by atoms with Crippen LogP contribution >= 0.6 is 11.3 Å². The van der Waals surface area contributed by atoms with E-state index in [9.17, 15) is 4.79 Å². The van der Waals surface area contributed by atoms with Gasteiger partial charge in [0.25, 0.3) is 0 Å². The zero-order valence-electron chi connectivity index (χ0n) is 16.0. The van der Waals surface area contributed by atoms with Crippen molar-refractivity contribution in [2.75, 3.05) is 31.1 Å². The summed E-state index contributed by atoms with van der Waals surface area (Å²) >= 11 is 1.58. The minimum absolute atomic E-state index is 0.124. The van der Waals surface area contributed by atoms with E-state index in [-0.39, 0.29) is 12.0 Å². The fourth-order valence-corrected chi connectivity index (χ4v) is 3.83. The average Bonchev–Trinajstić information content (AvgIpc) is 3.03. The number of amides is 1. The first-order valence-corrected chi connectivity index (χ1v) is 9.71. The van der Waals surface area contributed by atoms with Crippen LogP contribution < -0.4 is 4.90 Å². The predicted octanol–water partition coefficient (Wildman–Crippen LogP) is 4.25. The maximum absolute atomic E-state index is 12.3. The lowest BCUT2D eigenvalue weighted by Gasteiger charge is -2.36. The minimum atomic E-state index is -0.509. The number of azide groups is 1. The monoisotopic (exact) mass is 389 g/mol. The lowest BCUT2D eigenvalue weighted by Crippen LogP contribution is -2.50. The molecule has 1 fully saturated rings. The van der Waals surface area contributed by atoms with Crippen molar-refractivity contribution in [3.05, 3.63) is 21.4 Å². The highest BCUT2D eigenvalue weighted by molar-refractivity contribution is 7.18. The molecule has 27 heavy (non-hydrogen) atoms. The van der Waals surface area contributed by atoms with Crippen molar-refractivity contribution in [2.45, 2.75) is 39.7 Å². The molecule has 0 unspecified atom stereocenters. The summed E-state index contributed by atoms with van der Waals surface area (Å²) in [6.45, 7) is 10.0. The van der Waals surface area contributed by atoms with E-state index >= 15 is 0 Å². The van der Waals surface area contributed by atoms with Crippen molar-refractivity contribution < 1.29 is 9.53 Å². The second kappa shape index (κ2) is 7.58. The smallest absolute Gasteiger partial charge is 0.410 e. The van der Waals surface area contributed by atoms with Crippen molar-refractivity contribution in [1.82, 2.24) is 14.9 Å². The number of hydrogen-bond donors (Lipinski definition) is 0. The van der Waals surface area contributed by atoms with Crippen LogP contribution in [0.5, 0.6) is 0 Å². The highest BCUT2D eigenvalue weighted by Crippen LogP contribution is 2.33. The summed E-state index contributed by atoms with van der Waals surface area (Å²) in [5.41, 5.74) is 8.23. The molecule has 1 saturated heterocycles. The average molecular weight is 389 g/mol. The van der Waals surface area contributed by atoms with Crippen LogP contribution in [0, 0.1) is 0 Å². The molecule has 0 radical (unpaired) electrons. The van der Waals surface area contributed by atoms with Crippen molar-refractivity contribution >= 4 is 39.4 Å². The molecule has 0 spiro atoms. The number of aryl methyl sites for hydroxylation is 1. The van der Waals surface area contributed by atoms with Crippen molar-refractivity contribution in [2.24, 2.45) is 5.11 Å². The summed E-state index contributed by atoms with van der Waals surface area (Å²) in [7, 11) is 0. The van der Waals surface area contributed by atoms with Crippen LogP contribution in [0.15, 0.2) is 11.2 Å². The number of aromatic nitrogens is 2. The fraction of sp³-hybridized carbons (Fsp3) is 0.588. The topological polar surface area (TPSA) is 107 Å². The molecular weight excluding hydrogens is 366 g/mol. The second-order valence-electron chi connectivity index (χ2n) is 7.28. The van der Waals surface area contributed by atoms with Crippen molar-refractivity contribution in [3.63, 3.8) is 0 Å². The highest BCUT2D eigenvalue weighted by Gasteiger charge is 2.27. The van der Waals surface area contributed by atoms with Gasteiger partial charge in [0.15, 0.2) is 0 Å². The van der Waals surface area contributed by atoms with E-state index in [2.05, 4.69) is 37.9 Å². The lowest BCUT2D eigenvalue weighted by atomic mass is 10.2. The van der Waals surface area contributed by atoms with Gasteiger partial charge >= 0.3 is 6.09 Å². The standard InChI is InChI=1S/C17H23N7O2S/c1-5-11-10-12-13(19-15(21-22-18)20-14(12)27-11)23-6-8-24(9-7-23)16(25)26-17(2,3)4/h10H,5-9H2,1-4H3. The predicted molar refractivity (Wildman–Crippen MR) is 106 cm³/mol. The van der Waals surface area contributed by atoms with E-state index in [0.717, 1.165) is 22.5 Å². The van der Waals surface area contributed by atoms with E-state index in [0.29, 0.717) is 26.2 Å². The Kier molecular flexibility index (Phi) is 5.38. The summed E-state index contributed by atoms with van der Waals surface area (Å²) < 4.78 is 5.45. The molecule has 0 atom stereocenters. The van der Waals surface area contributed by atoms with Crippen LogP contribution in [0.2, 0.25) is 0 Å². The molecule has 10 heteroatoms. The molecule has 1 aliphatic heterocycles. The fourth-order valence-electron chi connectivity index (χ4n) is 2.87. The van der Waals surface area contributed by atoms with E-state index in [1.165, 1.54) is 4.88 Å². The molecule has 0 saturated carbocycles. The first kappa shape index (κ1) is 19.2. The number of anilines is 1. The molecule has 3 heterocycles. The zero-order chi connectivity index (χ0) is 19.6. The van der Waals surface area contributed by atoms with Gasteiger partial charge in [-0.25, -0.2) is 14.8 Å². The minimum Gasteiger partial charge on any atom is -0.444 e. The van der Waals surface area contributed by atoms with Gasteiger partial charge in [0, 0.05) is 36.0 Å². The van der Waals surface area contributed by atoms with Crippen molar-refractivity contribution in [3.8, 4) is 0 Å². The van der Waals surface area contributed by atoms with Gasteiger partial charge in [-0.1, -0.05) is 6.92 Å². The first-order chi connectivity index (χ1) is 12.8. The van der Waals surface area contributed by atoms with Gasteiger partial charge < -0.3 is 14.5 Å². The Morgan fingerprint density at radius 3 is 2.63 bits per heavy atom. The quantitative estimate of drug-likeness (QED) is 0.443. The van der Waals surface area contributed by atoms with Gasteiger partial charge in [-0.05, 0) is 43.9 Å². The molecule has 2 aromatic rings. The Morgan fingerprint density at radius 1 is 1.33 bits per heavy atom. The molecule has 3 rings (SSSR count). The summed E-state index contributed by atoms with van der Waals surface area (Å²) in [6.07, 6.45) is 0.609. The van der Waals surface area contributed by atoms with E-state index < -0.39 is 5.60 Å². The number of carbonyl (C=O) groups excluding carboxylic acids is 1. The van der Waals surface area contributed by atoms with Crippen LogP contribution in [0.3, 0.4) is 0 Å². The number of fused-ring (bicyclic) bond motifs is 1. The van der Waals surface area contributed by atoms with Gasteiger partial charge in [0.2, 0.25) is 5.95 Å². The van der Waals surface area contributed by atoms with Crippen LogP contribution in [-0.4, -0.2) is 52.7 Å². The Hall–Kier alpha value is -2.58. The molecule has 0 N–H and O–H groups in total. The van der Waals surface area contributed by atoms with Crippen molar-refractivity contribution in [1.29, 1.82) is 0 Å². The van der Waals surface area contributed by atoms with E-state index in [4.69, 9.17) is 10.3 Å². The normalized spacial score (nSPS) is 15.0. The summed E-state index contributed by atoms with van der Waals surface area (Å²) in [5.74, 6) is 0.876. The number of thiophene rings is 1. The largest absolute Gasteiger partial charge is 0.444 e. The molecule has 2 aromatic heterocycles. The van der Waals surface area contributed by atoms with Gasteiger partial charge in [-0.3, -0.25) is 0 Å². The maximum Gasteiger partial charge on any atom is 0.410 e. The van der Waals surface area contributed by atoms with Crippen LogP contribution in [0.4, 0.5) is 16.6 Å². The molecule has 9 nitrogen and oxygen atoms in total. The summed E-state index contributed by atoms with van der Waals surface area (Å²) in [6, 6.07) is 2.09. The Balaban J connectivity index is 1.83. The second-order valence-corrected chi connectivity index (χ2v) is 8.39. The SMILES string of the molecule is CCc1cc2c(N3CCN(C(=O)OC(C)(C)C)CC3)nc(N=[N+]=[N-])nc2s1. The third-order valence-electron chi connectivity index (χ3n) is 4.13. The number of nitrogens with zero attached hydrogens (tertiary/aromatic N) is 7. The number of ether oxygens (including phenoxy) is 1. The number of piperazine rings is 1. The van der Waals surface area contributed by atoms with Gasteiger partial charge in [-0.2, -0.15) is 0 Å². The zero-order valence-corrected chi connectivity index (χ0v) is 16.8. The first-order valence-electron chi connectivity index (χ1n) is 8.89. The van der Waals surface area contributed by atoms with Gasteiger partial charge in [0.05, 0.1) is 5.39 Å². The van der Waals surface area contributed by atoms with Crippen LogP contribution in [0.25, 0.3) is 20.7 Å². The number of carbonyl (C=O) groups is 1. The maximum atomic E-state index is 12.3. The Morgan fingerprint density at radius 2 is 2.04 bits per heavy atom. The molecule has 1 aliphatic rings. The third kappa shape index (κ3) is 4.40. The van der Waals surface area contributed by atoms with E-state index in [1.54, 1.807) is 16.2 Å². The summed E-state index contributed by atoms with van der Waals surface area (Å²) in [4.78, 5) is 29.7. The highest BCUT2D eigenvalue weighted by atomic mass is 32.1. The lowest BCUT2D eigenvalue weighted by molar-refractivity contribution is 0.0240. The Labute approximate surface area is 161 Å². The third-order valence-corrected chi connectivity index (χ3v) is 5.30. The van der Waals surface area contributed by atoms with Gasteiger partial charge in [0.1, 0.15) is 16.2 Å². The van der Waals surface area contributed by atoms with Crippen LogP contribution in [0.1, 0.15) is 32.6 Å². The molecule has 0 aliphatic carbocycles. The Bertz CT molecular complexity index is 891. The number of hydrogen-bond acceptors (Lipinski definition) is 7. The molecule has 144 valence electrons. The number of rotatable bonds is 3. The molecular formula is C17H23N7O2S. The van der Waals surface area contributed by atoms with Gasteiger partial charge in [-0.15, -0.1) is 11.3 Å². The van der Waals surface area contributed by atoms with E-state index in [1.807, 2.05) is 20.8 Å². The van der Waals surface area contributed by atoms with Crippen LogP contribution in [-0.2, 0) is 11.2 Å². The molecule has 0 aromatic carbocycles. The molecule has 0 bridgehead atoms.